The van der Waals surface area contributed by atoms with Gasteiger partial charge < -0.3 is 10.4 Å². The van der Waals surface area contributed by atoms with Crippen molar-refractivity contribution in [2.75, 3.05) is 0 Å². The lowest BCUT2D eigenvalue weighted by Crippen LogP contribution is -2.23. The van der Waals surface area contributed by atoms with Gasteiger partial charge in [0, 0.05) is 16.2 Å². The Labute approximate surface area is 132 Å². The second-order valence-electron chi connectivity index (χ2n) is 4.57. The van der Waals surface area contributed by atoms with Crippen molar-refractivity contribution in [1.82, 2.24) is 5.32 Å². The van der Waals surface area contributed by atoms with Gasteiger partial charge in [-0.3, -0.25) is 4.79 Å². The van der Waals surface area contributed by atoms with Crippen LogP contribution in [0.3, 0.4) is 0 Å². The molecule has 1 atom stereocenters. The van der Waals surface area contributed by atoms with Crippen LogP contribution >= 0.6 is 22.6 Å². The first-order valence-electron chi connectivity index (χ1n) is 6.40. The van der Waals surface area contributed by atoms with Crippen LogP contribution in [0.15, 0.2) is 54.6 Å². The number of carboxylic acid groups (broad SMARTS) is 1. The van der Waals surface area contributed by atoms with Crippen LogP contribution in [0.2, 0.25) is 0 Å². The molecule has 2 N–H and O–H groups in total. The van der Waals surface area contributed by atoms with Crippen molar-refractivity contribution < 1.29 is 9.90 Å². The van der Waals surface area contributed by atoms with Crippen LogP contribution in [-0.2, 0) is 11.3 Å². The molecule has 0 spiro atoms. The summed E-state index contributed by atoms with van der Waals surface area (Å²) in [6, 6.07) is 17.8. The molecule has 0 saturated carbocycles. The summed E-state index contributed by atoms with van der Waals surface area (Å²) in [4.78, 5) is 11.0. The van der Waals surface area contributed by atoms with E-state index in [9.17, 15) is 4.79 Å². The fraction of sp³-hybridized carbons (Fsp3) is 0.188. The Hall–Kier alpha value is -1.40. The van der Waals surface area contributed by atoms with E-state index in [2.05, 4.69) is 27.9 Å². The highest BCUT2D eigenvalue weighted by Crippen LogP contribution is 2.19. The molecule has 0 saturated heterocycles. The SMILES string of the molecule is O=C(O)C[C@H](NCc1ccccc1)c1ccc(I)cc1. The minimum Gasteiger partial charge on any atom is -0.481 e. The molecular weight excluding hydrogens is 365 g/mol. The van der Waals surface area contributed by atoms with Gasteiger partial charge in [0.1, 0.15) is 0 Å². The summed E-state index contributed by atoms with van der Waals surface area (Å²) < 4.78 is 1.14. The molecule has 0 aliphatic carbocycles. The van der Waals surface area contributed by atoms with Gasteiger partial charge in [-0.05, 0) is 45.9 Å². The van der Waals surface area contributed by atoms with Crippen LogP contribution in [0.25, 0.3) is 0 Å². The maximum Gasteiger partial charge on any atom is 0.305 e. The van der Waals surface area contributed by atoms with Crippen molar-refractivity contribution in [3.63, 3.8) is 0 Å². The molecule has 2 aromatic rings. The van der Waals surface area contributed by atoms with Gasteiger partial charge >= 0.3 is 5.97 Å². The maximum atomic E-state index is 11.0. The Morgan fingerprint density at radius 2 is 1.75 bits per heavy atom. The van der Waals surface area contributed by atoms with E-state index in [0.717, 1.165) is 14.7 Å². The van der Waals surface area contributed by atoms with E-state index in [1.54, 1.807) is 0 Å². The number of halogens is 1. The highest BCUT2D eigenvalue weighted by Gasteiger charge is 2.14. The highest BCUT2D eigenvalue weighted by atomic mass is 127. The summed E-state index contributed by atoms with van der Waals surface area (Å²) in [7, 11) is 0. The molecule has 0 bridgehead atoms. The van der Waals surface area contributed by atoms with E-state index in [1.807, 2.05) is 54.6 Å². The number of hydrogen-bond donors (Lipinski definition) is 2. The fourth-order valence-electron chi connectivity index (χ4n) is 2.01. The first kappa shape index (κ1) is 15.0. The number of aliphatic carboxylic acids is 1. The smallest absolute Gasteiger partial charge is 0.305 e. The molecule has 2 aromatic carbocycles. The molecule has 0 amide bonds. The zero-order valence-electron chi connectivity index (χ0n) is 10.9. The molecule has 3 nitrogen and oxygen atoms in total. The van der Waals surface area contributed by atoms with Crippen LogP contribution < -0.4 is 5.32 Å². The zero-order valence-corrected chi connectivity index (χ0v) is 13.1. The predicted octanol–water partition coefficient (Wildman–Crippen LogP) is 3.60. The summed E-state index contributed by atoms with van der Waals surface area (Å²) in [5, 5.41) is 12.4. The van der Waals surface area contributed by atoms with E-state index >= 15 is 0 Å². The van der Waals surface area contributed by atoms with E-state index in [-0.39, 0.29) is 12.5 Å². The standard InChI is InChI=1S/C16H16INO2/c17-14-8-6-13(7-9-14)15(10-16(19)20)18-11-12-4-2-1-3-5-12/h1-9,15,18H,10-11H2,(H,19,20)/t15-/m0/s1. The third-order valence-electron chi connectivity index (χ3n) is 3.05. The minimum absolute atomic E-state index is 0.0768. The average Bonchev–Trinajstić information content (AvgIpc) is 2.45. The van der Waals surface area contributed by atoms with Crippen LogP contribution in [0.5, 0.6) is 0 Å². The third-order valence-corrected chi connectivity index (χ3v) is 3.77. The monoisotopic (exact) mass is 381 g/mol. The Morgan fingerprint density at radius 3 is 2.35 bits per heavy atom. The van der Waals surface area contributed by atoms with Crippen LogP contribution in [0.1, 0.15) is 23.6 Å². The molecule has 0 radical (unpaired) electrons. The topological polar surface area (TPSA) is 49.3 Å². The molecule has 0 aliphatic heterocycles. The second-order valence-corrected chi connectivity index (χ2v) is 5.81. The number of carbonyl (C=O) groups is 1. The largest absolute Gasteiger partial charge is 0.481 e. The lowest BCUT2D eigenvalue weighted by molar-refractivity contribution is -0.137. The molecule has 104 valence electrons. The third kappa shape index (κ3) is 4.61. The summed E-state index contributed by atoms with van der Waals surface area (Å²) in [5.41, 5.74) is 2.15. The van der Waals surface area contributed by atoms with E-state index in [4.69, 9.17) is 5.11 Å². The lowest BCUT2D eigenvalue weighted by atomic mass is 10.0. The second kappa shape index (κ2) is 7.40. The predicted molar refractivity (Wildman–Crippen MR) is 87.4 cm³/mol. The molecule has 4 heteroatoms. The molecule has 20 heavy (non-hydrogen) atoms. The molecule has 0 unspecified atom stereocenters. The lowest BCUT2D eigenvalue weighted by Gasteiger charge is -2.17. The maximum absolute atomic E-state index is 11.0. The molecule has 0 aromatic heterocycles. The quantitative estimate of drug-likeness (QED) is 0.752. The molecule has 2 rings (SSSR count). The minimum atomic E-state index is -0.797. The fourth-order valence-corrected chi connectivity index (χ4v) is 2.37. The zero-order chi connectivity index (χ0) is 14.4. The van der Waals surface area contributed by atoms with Crippen molar-refractivity contribution >= 4 is 28.6 Å². The van der Waals surface area contributed by atoms with Crippen molar-refractivity contribution in [3.8, 4) is 0 Å². The summed E-state index contributed by atoms with van der Waals surface area (Å²) in [6.45, 7) is 0.658. The number of rotatable bonds is 6. The van der Waals surface area contributed by atoms with Gasteiger partial charge in [-0.1, -0.05) is 42.5 Å². The Kier molecular flexibility index (Phi) is 5.55. The van der Waals surface area contributed by atoms with E-state index in [1.165, 1.54) is 0 Å². The van der Waals surface area contributed by atoms with Gasteiger partial charge in [0.25, 0.3) is 0 Å². The van der Waals surface area contributed by atoms with Crippen LogP contribution in [0.4, 0.5) is 0 Å². The van der Waals surface area contributed by atoms with Gasteiger partial charge in [0.15, 0.2) is 0 Å². The Balaban J connectivity index is 2.07. The summed E-state index contributed by atoms with van der Waals surface area (Å²) in [6.07, 6.45) is 0.0768. The number of carboxylic acids is 1. The van der Waals surface area contributed by atoms with Crippen molar-refractivity contribution in [3.05, 3.63) is 69.3 Å². The van der Waals surface area contributed by atoms with Crippen molar-refractivity contribution in [1.29, 1.82) is 0 Å². The summed E-state index contributed by atoms with van der Waals surface area (Å²) in [5.74, 6) is -0.797. The Morgan fingerprint density at radius 1 is 1.10 bits per heavy atom. The first-order chi connectivity index (χ1) is 9.65. The average molecular weight is 381 g/mol. The normalized spacial score (nSPS) is 12.1. The highest BCUT2D eigenvalue weighted by molar-refractivity contribution is 14.1. The number of benzene rings is 2. The van der Waals surface area contributed by atoms with Gasteiger partial charge in [0.2, 0.25) is 0 Å². The van der Waals surface area contributed by atoms with Crippen molar-refractivity contribution in [2.24, 2.45) is 0 Å². The van der Waals surface area contributed by atoms with Gasteiger partial charge in [-0.15, -0.1) is 0 Å². The van der Waals surface area contributed by atoms with Crippen molar-refractivity contribution in [2.45, 2.75) is 19.0 Å². The van der Waals surface area contributed by atoms with Crippen LogP contribution in [0, 0.1) is 3.57 Å². The number of hydrogen-bond acceptors (Lipinski definition) is 2. The molecular formula is C16H16INO2. The summed E-state index contributed by atoms with van der Waals surface area (Å²) >= 11 is 2.24. The number of nitrogens with one attached hydrogen (secondary N) is 1. The Bertz CT molecular complexity index is 554. The van der Waals surface area contributed by atoms with Gasteiger partial charge in [0.05, 0.1) is 6.42 Å². The molecule has 0 aliphatic rings. The van der Waals surface area contributed by atoms with Gasteiger partial charge in [-0.25, -0.2) is 0 Å². The van der Waals surface area contributed by atoms with Gasteiger partial charge in [-0.2, -0.15) is 0 Å². The van der Waals surface area contributed by atoms with Crippen LogP contribution in [-0.4, -0.2) is 11.1 Å². The van der Waals surface area contributed by atoms with E-state index < -0.39 is 5.97 Å². The van der Waals surface area contributed by atoms with E-state index in [0.29, 0.717) is 6.54 Å². The first-order valence-corrected chi connectivity index (χ1v) is 7.47. The molecule has 0 heterocycles. The molecule has 0 fully saturated rings.